The summed E-state index contributed by atoms with van der Waals surface area (Å²) in [6.45, 7) is 2.95. The summed E-state index contributed by atoms with van der Waals surface area (Å²) in [6, 6.07) is 8.66. The molecule has 7 heteroatoms. The van der Waals surface area contributed by atoms with Crippen LogP contribution in [0, 0.1) is 24.4 Å². The van der Waals surface area contributed by atoms with E-state index in [1.165, 1.54) is 6.92 Å². The molecular weight excluding hydrogens is 333 g/mol. The van der Waals surface area contributed by atoms with Crippen LogP contribution in [0.15, 0.2) is 36.4 Å². The minimum Gasteiger partial charge on any atom is -0.350 e. The standard InChI is InChI=1S/C18H17F3N2O2/c1-11-4-3-5-13(10-11)18(25)22-8-9-23(12(2)24)15-7-6-14(19)16(20)17(15)21/h3-7,10H,8-9H2,1-2H3,(H,22,25). The van der Waals surface area contributed by atoms with Gasteiger partial charge in [-0.2, -0.15) is 0 Å². The number of benzene rings is 2. The predicted molar refractivity (Wildman–Crippen MR) is 87.9 cm³/mol. The molecule has 2 amide bonds. The number of halogens is 3. The third-order valence-electron chi connectivity index (χ3n) is 3.59. The first-order chi connectivity index (χ1) is 11.8. The Morgan fingerprint density at radius 1 is 1.08 bits per heavy atom. The minimum atomic E-state index is -1.65. The molecule has 0 aliphatic carbocycles. The summed E-state index contributed by atoms with van der Waals surface area (Å²) >= 11 is 0. The van der Waals surface area contributed by atoms with Crippen molar-refractivity contribution in [2.45, 2.75) is 13.8 Å². The van der Waals surface area contributed by atoms with Gasteiger partial charge >= 0.3 is 0 Å². The van der Waals surface area contributed by atoms with Gasteiger partial charge in [0.25, 0.3) is 5.91 Å². The third kappa shape index (κ3) is 4.37. The third-order valence-corrected chi connectivity index (χ3v) is 3.59. The number of aryl methyl sites for hydroxylation is 1. The summed E-state index contributed by atoms with van der Waals surface area (Å²) in [5.74, 6) is -5.34. The van der Waals surface area contributed by atoms with Crippen molar-refractivity contribution in [1.29, 1.82) is 0 Å². The Kier molecular flexibility index (Phi) is 5.80. The van der Waals surface area contributed by atoms with Gasteiger partial charge in [0, 0.05) is 25.6 Å². The van der Waals surface area contributed by atoms with Crippen LogP contribution in [0.5, 0.6) is 0 Å². The highest BCUT2D eigenvalue weighted by atomic mass is 19.2. The Hall–Kier alpha value is -2.83. The molecule has 0 aliphatic rings. The molecule has 0 saturated carbocycles. The van der Waals surface area contributed by atoms with E-state index in [1.54, 1.807) is 18.2 Å². The fraction of sp³-hybridized carbons (Fsp3) is 0.222. The summed E-state index contributed by atoms with van der Waals surface area (Å²) in [5.41, 5.74) is 0.992. The molecule has 0 heterocycles. The highest BCUT2D eigenvalue weighted by Gasteiger charge is 2.21. The average Bonchev–Trinajstić information content (AvgIpc) is 2.57. The fourth-order valence-corrected chi connectivity index (χ4v) is 2.34. The first-order valence-electron chi connectivity index (χ1n) is 7.57. The molecular formula is C18H17F3N2O2. The van der Waals surface area contributed by atoms with Crippen LogP contribution in [-0.4, -0.2) is 24.9 Å². The van der Waals surface area contributed by atoms with E-state index in [2.05, 4.69) is 5.32 Å². The number of rotatable bonds is 5. The van der Waals surface area contributed by atoms with Gasteiger partial charge in [-0.1, -0.05) is 17.7 Å². The molecule has 0 aromatic heterocycles. The number of anilines is 1. The van der Waals surface area contributed by atoms with Crippen LogP contribution in [0.3, 0.4) is 0 Å². The molecule has 0 radical (unpaired) electrons. The van der Waals surface area contributed by atoms with E-state index in [9.17, 15) is 22.8 Å². The maximum atomic E-state index is 13.9. The molecule has 2 aromatic rings. The number of nitrogens with one attached hydrogen (secondary N) is 1. The Labute approximate surface area is 143 Å². The zero-order valence-electron chi connectivity index (χ0n) is 13.8. The monoisotopic (exact) mass is 350 g/mol. The maximum Gasteiger partial charge on any atom is 0.251 e. The largest absolute Gasteiger partial charge is 0.350 e. The van der Waals surface area contributed by atoms with Crippen molar-refractivity contribution >= 4 is 17.5 Å². The molecule has 1 N–H and O–H groups in total. The molecule has 0 saturated heterocycles. The quantitative estimate of drug-likeness (QED) is 0.842. The van der Waals surface area contributed by atoms with Gasteiger partial charge in [0.1, 0.15) is 0 Å². The number of carbonyl (C=O) groups excluding carboxylic acids is 2. The van der Waals surface area contributed by atoms with Gasteiger partial charge in [-0.05, 0) is 31.2 Å². The van der Waals surface area contributed by atoms with Crippen molar-refractivity contribution in [3.8, 4) is 0 Å². The molecule has 0 bridgehead atoms. The number of hydrogen-bond donors (Lipinski definition) is 1. The van der Waals surface area contributed by atoms with Crippen LogP contribution < -0.4 is 10.2 Å². The summed E-state index contributed by atoms with van der Waals surface area (Å²) in [7, 11) is 0. The van der Waals surface area contributed by atoms with Crippen molar-refractivity contribution in [3.05, 3.63) is 65.0 Å². The van der Waals surface area contributed by atoms with Crippen LogP contribution >= 0.6 is 0 Å². The summed E-state index contributed by atoms with van der Waals surface area (Å²) in [4.78, 5) is 24.7. The van der Waals surface area contributed by atoms with Crippen LogP contribution in [0.25, 0.3) is 0 Å². The highest BCUT2D eigenvalue weighted by Crippen LogP contribution is 2.23. The van der Waals surface area contributed by atoms with Gasteiger partial charge in [-0.3, -0.25) is 9.59 Å². The SMILES string of the molecule is CC(=O)N(CCNC(=O)c1cccc(C)c1)c1ccc(F)c(F)c1F. The zero-order valence-corrected chi connectivity index (χ0v) is 13.8. The van der Waals surface area contributed by atoms with Crippen LogP contribution in [-0.2, 0) is 4.79 Å². The van der Waals surface area contributed by atoms with Crippen molar-refractivity contribution < 1.29 is 22.8 Å². The second-order valence-corrected chi connectivity index (χ2v) is 5.49. The summed E-state index contributed by atoms with van der Waals surface area (Å²) in [6.07, 6.45) is 0. The molecule has 132 valence electrons. The van der Waals surface area contributed by atoms with Crippen LogP contribution in [0.1, 0.15) is 22.8 Å². The van der Waals surface area contributed by atoms with E-state index in [1.807, 2.05) is 13.0 Å². The Bertz CT molecular complexity index is 809. The lowest BCUT2D eigenvalue weighted by atomic mass is 10.1. The molecule has 0 unspecified atom stereocenters. The molecule has 4 nitrogen and oxygen atoms in total. The number of nitrogens with zero attached hydrogens (tertiary/aromatic N) is 1. The molecule has 25 heavy (non-hydrogen) atoms. The highest BCUT2D eigenvalue weighted by molar-refractivity contribution is 5.95. The molecule has 2 aromatic carbocycles. The zero-order chi connectivity index (χ0) is 18.6. The average molecular weight is 350 g/mol. The van der Waals surface area contributed by atoms with Crippen molar-refractivity contribution in [1.82, 2.24) is 5.32 Å². The first-order valence-corrected chi connectivity index (χ1v) is 7.57. The number of hydrogen-bond acceptors (Lipinski definition) is 2. The normalized spacial score (nSPS) is 10.4. The fourth-order valence-electron chi connectivity index (χ4n) is 2.34. The van der Waals surface area contributed by atoms with Gasteiger partial charge in [0.2, 0.25) is 5.91 Å². The first kappa shape index (κ1) is 18.5. The second-order valence-electron chi connectivity index (χ2n) is 5.49. The molecule has 0 atom stereocenters. The van der Waals surface area contributed by atoms with E-state index in [0.29, 0.717) is 5.56 Å². The van der Waals surface area contributed by atoms with E-state index in [0.717, 1.165) is 22.6 Å². The van der Waals surface area contributed by atoms with Crippen LogP contribution in [0.4, 0.5) is 18.9 Å². The van der Waals surface area contributed by atoms with Gasteiger partial charge in [-0.15, -0.1) is 0 Å². The summed E-state index contributed by atoms with van der Waals surface area (Å²) < 4.78 is 40.3. The topological polar surface area (TPSA) is 49.4 Å². The van der Waals surface area contributed by atoms with Gasteiger partial charge < -0.3 is 10.2 Å². The van der Waals surface area contributed by atoms with Gasteiger partial charge in [0.05, 0.1) is 5.69 Å². The van der Waals surface area contributed by atoms with E-state index >= 15 is 0 Å². The Morgan fingerprint density at radius 2 is 1.80 bits per heavy atom. The maximum absolute atomic E-state index is 13.9. The molecule has 2 rings (SSSR count). The predicted octanol–water partition coefficient (Wildman–Crippen LogP) is 3.20. The van der Waals surface area contributed by atoms with Crippen molar-refractivity contribution in [2.75, 3.05) is 18.0 Å². The van der Waals surface area contributed by atoms with Crippen molar-refractivity contribution in [3.63, 3.8) is 0 Å². The Balaban J connectivity index is 2.07. The number of amides is 2. The van der Waals surface area contributed by atoms with Gasteiger partial charge in [-0.25, -0.2) is 13.2 Å². The minimum absolute atomic E-state index is 0.0186. The lowest BCUT2D eigenvalue weighted by Gasteiger charge is -2.22. The molecule has 0 spiro atoms. The number of carbonyl (C=O) groups is 2. The van der Waals surface area contributed by atoms with Crippen molar-refractivity contribution in [2.24, 2.45) is 0 Å². The smallest absolute Gasteiger partial charge is 0.251 e. The second kappa shape index (κ2) is 7.83. The van der Waals surface area contributed by atoms with E-state index < -0.39 is 23.4 Å². The lowest BCUT2D eigenvalue weighted by molar-refractivity contribution is -0.116. The van der Waals surface area contributed by atoms with Crippen LogP contribution in [0.2, 0.25) is 0 Å². The van der Waals surface area contributed by atoms with Gasteiger partial charge in [0.15, 0.2) is 17.5 Å². The summed E-state index contributed by atoms with van der Waals surface area (Å²) in [5, 5.41) is 2.60. The molecule has 0 aliphatic heterocycles. The molecule has 0 fully saturated rings. The van der Waals surface area contributed by atoms with E-state index in [-0.39, 0.29) is 24.7 Å². The van der Waals surface area contributed by atoms with E-state index in [4.69, 9.17) is 0 Å². The lowest BCUT2D eigenvalue weighted by Crippen LogP contribution is -2.38. The Morgan fingerprint density at radius 3 is 2.44 bits per heavy atom.